The molecule has 1 amide bonds. The Labute approximate surface area is 138 Å². The predicted octanol–water partition coefficient (Wildman–Crippen LogP) is 3.55. The molecule has 0 aliphatic carbocycles. The number of rotatable bonds is 7. The van der Waals surface area contributed by atoms with Crippen molar-refractivity contribution in [2.24, 2.45) is 11.1 Å². The van der Waals surface area contributed by atoms with Gasteiger partial charge >= 0.3 is 0 Å². The highest BCUT2D eigenvalue weighted by Gasteiger charge is 2.26. The fourth-order valence-corrected chi connectivity index (χ4v) is 2.74. The summed E-state index contributed by atoms with van der Waals surface area (Å²) in [6, 6.07) is 8.16. The summed E-state index contributed by atoms with van der Waals surface area (Å²) in [6.45, 7) is 11.0. The Balaban J connectivity index is 1.97. The van der Waals surface area contributed by atoms with Gasteiger partial charge in [-0.3, -0.25) is 4.79 Å². The van der Waals surface area contributed by atoms with Crippen LogP contribution in [0.25, 0.3) is 0 Å². The highest BCUT2D eigenvalue weighted by Crippen LogP contribution is 2.20. The van der Waals surface area contributed by atoms with E-state index in [4.69, 9.17) is 4.84 Å². The molecule has 0 fully saturated rings. The van der Waals surface area contributed by atoms with Crippen LogP contribution in [0.3, 0.4) is 0 Å². The molecule has 4 nitrogen and oxygen atoms in total. The normalized spacial score (nSPS) is 16.9. The van der Waals surface area contributed by atoms with Crippen molar-refractivity contribution < 1.29 is 9.63 Å². The standard InChI is InChI=1S/C19H26N2O2/c1-5-10-21(19(22)11-14(2)3)13-16-12-18(20-23-16)17-9-7-6-8-15(17)4/h5-9,14,16H,1,10-13H2,2-4H3. The molecule has 124 valence electrons. The lowest BCUT2D eigenvalue weighted by Crippen LogP contribution is -2.38. The lowest BCUT2D eigenvalue weighted by atomic mass is 10.00. The van der Waals surface area contributed by atoms with E-state index < -0.39 is 0 Å². The van der Waals surface area contributed by atoms with Crippen LogP contribution in [0.4, 0.5) is 0 Å². The fourth-order valence-electron chi connectivity index (χ4n) is 2.74. The zero-order valence-electron chi connectivity index (χ0n) is 14.3. The molecule has 1 aromatic carbocycles. The van der Waals surface area contributed by atoms with Crippen LogP contribution >= 0.6 is 0 Å². The monoisotopic (exact) mass is 314 g/mol. The molecule has 1 atom stereocenters. The fraction of sp³-hybridized carbons (Fsp3) is 0.474. The Morgan fingerprint density at radius 2 is 2.22 bits per heavy atom. The van der Waals surface area contributed by atoms with Crippen molar-refractivity contribution >= 4 is 11.6 Å². The minimum atomic E-state index is -0.0827. The Morgan fingerprint density at radius 1 is 1.48 bits per heavy atom. The summed E-state index contributed by atoms with van der Waals surface area (Å²) in [6.07, 6.45) is 2.95. The first-order valence-electron chi connectivity index (χ1n) is 8.18. The van der Waals surface area contributed by atoms with Gasteiger partial charge in [0.25, 0.3) is 0 Å². The molecule has 1 aliphatic heterocycles. The number of carbonyl (C=O) groups excluding carboxylic acids is 1. The maximum Gasteiger partial charge on any atom is 0.223 e. The van der Waals surface area contributed by atoms with E-state index in [0.717, 1.165) is 17.7 Å². The molecule has 0 N–H and O–H groups in total. The molecule has 0 bridgehead atoms. The van der Waals surface area contributed by atoms with Crippen molar-refractivity contribution in [1.82, 2.24) is 4.90 Å². The summed E-state index contributed by atoms with van der Waals surface area (Å²) >= 11 is 0. The Bertz CT molecular complexity index is 593. The van der Waals surface area contributed by atoms with Gasteiger partial charge in [-0.15, -0.1) is 6.58 Å². The second-order valence-corrected chi connectivity index (χ2v) is 6.47. The van der Waals surface area contributed by atoms with Gasteiger partial charge in [0.1, 0.15) is 0 Å². The van der Waals surface area contributed by atoms with Crippen LogP contribution in [-0.2, 0) is 9.63 Å². The number of carbonyl (C=O) groups is 1. The van der Waals surface area contributed by atoms with Gasteiger partial charge in [-0.1, -0.05) is 49.3 Å². The average Bonchev–Trinajstić information content (AvgIpc) is 2.95. The molecule has 2 rings (SSSR count). The third-order valence-corrected chi connectivity index (χ3v) is 3.90. The van der Waals surface area contributed by atoms with Crippen LogP contribution in [0, 0.1) is 12.8 Å². The van der Waals surface area contributed by atoms with Crippen LogP contribution in [0.5, 0.6) is 0 Å². The van der Waals surface area contributed by atoms with Crippen molar-refractivity contribution in [3.8, 4) is 0 Å². The van der Waals surface area contributed by atoms with Crippen LogP contribution in [0.15, 0.2) is 42.1 Å². The molecule has 0 spiro atoms. The Hall–Kier alpha value is -2.10. The topological polar surface area (TPSA) is 41.9 Å². The van der Waals surface area contributed by atoms with Crippen LogP contribution in [0.1, 0.15) is 37.8 Å². The maximum absolute atomic E-state index is 12.3. The van der Waals surface area contributed by atoms with Crippen molar-refractivity contribution in [3.63, 3.8) is 0 Å². The molecule has 0 radical (unpaired) electrons. The van der Waals surface area contributed by atoms with Gasteiger partial charge < -0.3 is 9.74 Å². The summed E-state index contributed by atoms with van der Waals surface area (Å²) < 4.78 is 0. The number of hydrogen-bond donors (Lipinski definition) is 0. The van der Waals surface area contributed by atoms with E-state index in [0.29, 0.717) is 25.4 Å². The van der Waals surface area contributed by atoms with E-state index in [-0.39, 0.29) is 12.0 Å². The predicted molar refractivity (Wildman–Crippen MR) is 93.4 cm³/mol. The van der Waals surface area contributed by atoms with Gasteiger partial charge in [-0.25, -0.2) is 0 Å². The van der Waals surface area contributed by atoms with E-state index >= 15 is 0 Å². The summed E-state index contributed by atoms with van der Waals surface area (Å²) in [5.74, 6) is 0.492. The molecule has 1 aromatic rings. The maximum atomic E-state index is 12.3. The van der Waals surface area contributed by atoms with Gasteiger partial charge in [-0.05, 0) is 18.4 Å². The quantitative estimate of drug-likeness (QED) is 0.722. The third kappa shape index (κ3) is 4.68. The number of amides is 1. The SMILES string of the molecule is C=CCN(CC1CC(c2ccccc2C)=NO1)C(=O)CC(C)C. The summed E-state index contributed by atoms with van der Waals surface area (Å²) in [7, 11) is 0. The molecule has 4 heteroatoms. The summed E-state index contributed by atoms with van der Waals surface area (Å²) in [5.41, 5.74) is 3.27. The molecule has 0 aromatic heterocycles. The molecule has 1 unspecified atom stereocenters. The third-order valence-electron chi connectivity index (χ3n) is 3.90. The lowest BCUT2D eigenvalue weighted by Gasteiger charge is -2.24. The number of aryl methyl sites for hydroxylation is 1. The minimum absolute atomic E-state index is 0.0827. The molecule has 23 heavy (non-hydrogen) atoms. The smallest absolute Gasteiger partial charge is 0.223 e. The molecule has 0 saturated heterocycles. The van der Waals surface area contributed by atoms with E-state index in [2.05, 4.69) is 44.6 Å². The molecular formula is C19H26N2O2. The second kappa shape index (κ2) is 7.95. The van der Waals surface area contributed by atoms with E-state index in [1.807, 2.05) is 17.0 Å². The van der Waals surface area contributed by atoms with Crippen molar-refractivity contribution in [1.29, 1.82) is 0 Å². The molecule has 1 aliphatic rings. The first-order valence-corrected chi connectivity index (χ1v) is 8.18. The Kier molecular flexibility index (Phi) is 5.97. The van der Waals surface area contributed by atoms with Crippen LogP contribution in [0.2, 0.25) is 0 Å². The summed E-state index contributed by atoms with van der Waals surface area (Å²) in [4.78, 5) is 19.7. The van der Waals surface area contributed by atoms with Crippen molar-refractivity contribution in [2.75, 3.05) is 13.1 Å². The zero-order valence-corrected chi connectivity index (χ0v) is 14.3. The highest BCUT2D eigenvalue weighted by atomic mass is 16.6. The van der Waals surface area contributed by atoms with Crippen LogP contribution < -0.4 is 0 Å². The largest absolute Gasteiger partial charge is 0.390 e. The van der Waals surface area contributed by atoms with Crippen molar-refractivity contribution in [3.05, 3.63) is 48.0 Å². The second-order valence-electron chi connectivity index (χ2n) is 6.47. The zero-order chi connectivity index (χ0) is 16.8. The molecule has 0 saturated carbocycles. The number of nitrogens with zero attached hydrogens (tertiary/aromatic N) is 2. The highest BCUT2D eigenvalue weighted by molar-refractivity contribution is 6.02. The van der Waals surface area contributed by atoms with E-state index in [1.165, 1.54) is 5.56 Å². The lowest BCUT2D eigenvalue weighted by molar-refractivity contribution is -0.133. The first-order chi connectivity index (χ1) is 11.0. The number of oxime groups is 1. The molecule has 1 heterocycles. The van der Waals surface area contributed by atoms with Crippen molar-refractivity contribution in [2.45, 2.75) is 39.7 Å². The Morgan fingerprint density at radius 3 is 2.87 bits per heavy atom. The number of benzene rings is 1. The summed E-state index contributed by atoms with van der Waals surface area (Å²) in [5, 5.41) is 4.23. The van der Waals surface area contributed by atoms with Gasteiger partial charge in [0.2, 0.25) is 5.91 Å². The average molecular weight is 314 g/mol. The first kappa shape index (κ1) is 17.3. The van der Waals surface area contributed by atoms with Gasteiger partial charge in [-0.2, -0.15) is 0 Å². The minimum Gasteiger partial charge on any atom is -0.390 e. The molecular weight excluding hydrogens is 288 g/mol. The van der Waals surface area contributed by atoms with E-state index in [1.54, 1.807) is 6.08 Å². The van der Waals surface area contributed by atoms with Gasteiger partial charge in [0.15, 0.2) is 6.10 Å². The van der Waals surface area contributed by atoms with E-state index in [9.17, 15) is 4.79 Å². The van der Waals surface area contributed by atoms with Gasteiger partial charge in [0.05, 0.1) is 12.3 Å². The van der Waals surface area contributed by atoms with Crippen LogP contribution in [-0.4, -0.2) is 35.7 Å². The van der Waals surface area contributed by atoms with Gasteiger partial charge in [0, 0.05) is 24.9 Å². The number of hydrogen-bond acceptors (Lipinski definition) is 3.